The Bertz CT molecular complexity index is 854. The van der Waals surface area contributed by atoms with Crippen LogP contribution in [0.5, 0.6) is 0 Å². The molecule has 12 heteroatoms. The van der Waals surface area contributed by atoms with E-state index >= 15 is 0 Å². The van der Waals surface area contributed by atoms with Gasteiger partial charge in [-0.2, -0.15) is 0 Å². The number of morpholine rings is 1. The number of thiophene rings is 1. The highest BCUT2D eigenvalue weighted by molar-refractivity contribution is 8.01. The lowest BCUT2D eigenvalue weighted by atomic mass is 10.4. The summed E-state index contributed by atoms with van der Waals surface area (Å²) in [5.74, 6) is -0.347. The first-order chi connectivity index (χ1) is 13.5. The van der Waals surface area contributed by atoms with Gasteiger partial charge in [0.1, 0.15) is 9.09 Å². The predicted octanol–water partition coefficient (Wildman–Crippen LogP) is 3.57. The number of hydrogen-bond acceptors (Lipinski definition) is 8. The van der Waals surface area contributed by atoms with Crippen LogP contribution in [0.3, 0.4) is 0 Å². The first-order valence-corrected chi connectivity index (χ1v) is 10.7. The molecule has 3 heterocycles. The average Bonchev–Trinajstić information content (AvgIpc) is 3.10. The molecule has 3 rings (SSSR count). The van der Waals surface area contributed by atoms with E-state index in [-0.39, 0.29) is 26.5 Å². The predicted molar refractivity (Wildman–Crippen MR) is 109 cm³/mol. The second kappa shape index (κ2) is 9.86. The Balaban J connectivity index is 1.69. The van der Waals surface area contributed by atoms with Gasteiger partial charge in [0.2, 0.25) is 0 Å². The zero-order valence-electron chi connectivity index (χ0n) is 14.5. The average molecular weight is 463 g/mol. The highest BCUT2D eigenvalue weighted by Gasteiger charge is 2.25. The fourth-order valence-corrected chi connectivity index (χ4v) is 5.29. The molecule has 28 heavy (non-hydrogen) atoms. The van der Waals surface area contributed by atoms with Gasteiger partial charge in [0, 0.05) is 44.6 Å². The van der Waals surface area contributed by atoms with Crippen molar-refractivity contribution in [1.29, 1.82) is 0 Å². The van der Waals surface area contributed by atoms with Gasteiger partial charge >= 0.3 is 0 Å². The van der Waals surface area contributed by atoms with Crippen LogP contribution in [0.4, 0.5) is 5.69 Å². The van der Waals surface area contributed by atoms with Gasteiger partial charge in [-0.25, -0.2) is 0 Å². The van der Waals surface area contributed by atoms with E-state index in [0.29, 0.717) is 35.4 Å². The summed E-state index contributed by atoms with van der Waals surface area (Å²) in [6.45, 7) is 4.18. The molecule has 0 saturated carbocycles. The van der Waals surface area contributed by atoms with E-state index in [1.54, 1.807) is 0 Å². The van der Waals surface area contributed by atoms with Crippen molar-refractivity contribution in [2.45, 2.75) is 9.10 Å². The number of hydrogen-bond donors (Lipinski definition) is 1. The number of carbonyl (C=O) groups excluding carboxylic acids is 1. The first kappa shape index (κ1) is 21.3. The maximum Gasteiger partial charge on any atom is 0.294 e. The van der Waals surface area contributed by atoms with Crippen LogP contribution < -0.4 is 5.32 Å². The van der Waals surface area contributed by atoms with Crippen LogP contribution in [-0.2, 0) is 4.74 Å². The largest absolute Gasteiger partial charge is 0.379 e. The maximum atomic E-state index is 12.4. The minimum atomic E-state index is -0.521. The summed E-state index contributed by atoms with van der Waals surface area (Å²) in [6, 6.07) is 1.28. The van der Waals surface area contributed by atoms with Crippen LogP contribution in [0.15, 0.2) is 27.6 Å². The van der Waals surface area contributed by atoms with Gasteiger partial charge in [0.15, 0.2) is 0 Å². The van der Waals surface area contributed by atoms with Crippen molar-refractivity contribution in [2.75, 3.05) is 39.4 Å². The third-order valence-corrected chi connectivity index (χ3v) is 7.18. The summed E-state index contributed by atoms with van der Waals surface area (Å²) in [6.07, 6.45) is 2.82. The standard InChI is InChI=1S/C16H16Cl2N4O4S2/c17-10-8-19-9-11(18)14(10)28-16-12(22(24)25)7-13(27-16)15(23)20-1-2-21-3-5-26-6-4-21/h7-9H,1-6H2,(H,20,23). The van der Waals surface area contributed by atoms with E-state index in [4.69, 9.17) is 27.9 Å². The van der Waals surface area contributed by atoms with Crippen LogP contribution >= 0.6 is 46.3 Å². The Labute approximate surface area is 179 Å². The van der Waals surface area contributed by atoms with Crippen molar-refractivity contribution >= 4 is 57.9 Å². The van der Waals surface area contributed by atoms with E-state index in [2.05, 4.69) is 15.2 Å². The van der Waals surface area contributed by atoms with Crippen molar-refractivity contribution < 1.29 is 14.5 Å². The number of rotatable bonds is 7. The van der Waals surface area contributed by atoms with Crippen LogP contribution in [0.1, 0.15) is 9.67 Å². The van der Waals surface area contributed by atoms with Crippen LogP contribution in [0.2, 0.25) is 10.0 Å². The second-order valence-electron chi connectivity index (χ2n) is 5.78. The topological polar surface area (TPSA) is 97.6 Å². The summed E-state index contributed by atoms with van der Waals surface area (Å²) in [5.41, 5.74) is -0.155. The molecular weight excluding hydrogens is 447 g/mol. The normalized spacial score (nSPS) is 14.8. The van der Waals surface area contributed by atoms with Crippen molar-refractivity contribution in [3.8, 4) is 0 Å². The molecule has 0 atom stereocenters. The number of nitrogens with one attached hydrogen (secondary N) is 1. The lowest BCUT2D eigenvalue weighted by molar-refractivity contribution is -0.387. The molecule has 0 aliphatic carbocycles. The fraction of sp³-hybridized carbons (Fsp3) is 0.375. The highest BCUT2D eigenvalue weighted by atomic mass is 35.5. The number of ether oxygens (including phenoxy) is 1. The van der Waals surface area contributed by atoms with Gasteiger partial charge in [-0.05, 0) is 0 Å². The molecule has 8 nitrogen and oxygen atoms in total. The molecule has 0 bridgehead atoms. The first-order valence-electron chi connectivity index (χ1n) is 8.29. The van der Waals surface area contributed by atoms with E-state index < -0.39 is 4.92 Å². The molecule has 1 aliphatic rings. The van der Waals surface area contributed by atoms with Crippen molar-refractivity contribution in [3.05, 3.63) is 43.5 Å². The number of nitro groups is 1. The summed E-state index contributed by atoms with van der Waals surface area (Å²) in [5, 5.41) is 14.8. The Morgan fingerprint density at radius 2 is 2.04 bits per heavy atom. The molecule has 1 N–H and O–H groups in total. The van der Waals surface area contributed by atoms with Gasteiger partial charge in [-0.15, -0.1) is 11.3 Å². The molecule has 0 spiro atoms. The molecule has 2 aromatic rings. The number of amides is 1. The maximum absolute atomic E-state index is 12.4. The SMILES string of the molecule is O=C(NCCN1CCOCC1)c1cc([N+](=O)[O-])c(Sc2c(Cl)cncc2Cl)s1. The minimum Gasteiger partial charge on any atom is -0.379 e. The van der Waals surface area contributed by atoms with Crippen molar-refractivity contribution in [1.82, 2.24) is 15.2 Å². The van der Waals surface area contributed by atoms with E-state index in [1.165, 1.54) is 18.5 Å². The van der Waals surface area contributed by atoms with E-state index in [9.17, 15) is 14.9 Å². The number of halogens is 2. The quantitative estimate of drug-likeness (QED) is 0.495. The number of carbonyl (C=O) groups is 1. The summed E-state index contributed by atoms with van der Waals surface area (Å²) in [4.78, 5) is 30.1. The number of aromatic nitrogens is 1. The van der Waals surface area contributed by atoms with Crippen LogP contribution in [0, 0.1) is 10.1 Å². The molecule has 2 aromatic heterocycles. The Morgan fingerprint density at radius 3 is 2.68 bits per heavy atom. The molecule has 1 saturated heterocycles. The third-order valence-electron chi connectivity index (χ3n) is 3.92. The summed E-state index contributed by atoms with van der Waals surface area (Å²) >= 11 is 14.3. The zero-order chi connectivity index (χ0) is 20.1. The van der Waals surface area contributed by atoms with Crippen molar-refractivity contribution in [3.63, 3.8) is 0 Å². The van der Waals surface area contributed by atoms with Gasteiger partial charge in [-0.3, -0.25) is 24.8 Å². The Kier molecular flexibility index (Phi) is 7.49. The summed E-state index contributed by atoms with van der Waals surface area (Å²) in [7, 11) is 0. The zero-order valence-corrected chi connectivity index (χ0v) is 17.7. The van der Waals surface area contributed by atoms with Gasteiger partial charge in [-0.1, -0.05) is 35.0 Å². The third kappa shape index (κ3) is 5.34. The lowest BCUT2D eigenvalue weighted by Crippen LogP contribution is -2.41. The molecule has 0 aromatic carbocycles. The minimum absolute atomic E-state index is 0.155. The van der Waals surface area contributed by atoms with Gasteiger partial charge in [0.25, 0.3) is 11.6 Å². The molecule has 1 fully saturated rings. The molecule has 0 unspecified atom stereocenters. The summed E-state index contributed by atoms with van der Waals surface area (Å²) < 4.78 is 5.62. The monoisotopic (exact) mass is 462 g/mol. The van der Waals surface area contributed by atoms with E-state index in [0.717, 1.165) is 36.2 Å². The smallest absolute Gasteiger partial charge is 0.294 e. The van der Waals surface area contributed by atoms with Crippen molar-refractivity contribution in [2.24, 2.45) is 0 Å². The molecule has 1 aliphatic heterocycles. The Hall–Kier alpha value is -1.43. The van der Waals surface area contributed by atoms with Crippen LogP contribution in [0.25, 0.3) is 0 Å². The number of nitrogens with zero attached hydrogens (tertiary/aromatic N) is 3. The highest BCUT2D eigenvalue weighted by Crippen LogP contribution is 2.45. The van der Waals surface area contributed by atoms with Gasteiger partial charge < -0.3 is 10.1 Å². The molecular formula is C16H16Cl2N4O4S2. The molecule has 1 amide bonds. The lowest BCUT2D eigenvalue weighted by Gasteiger charge is -2.26. The Morgan fingerprint density at radius 1 is 1.36 bits per heavy atom. The van der Waals surface area contributed by atoms with E-state index in [1.807, 2.05) is 0 Å². The fourth-order valence-electron chi connectivity index (χ4n) is 2.51. The van der Waals surface area contributed by atoms with Crippen LogP contribution in [-0.4, -0.2) is 60.1 Å². The molecule has 150 valence electrons. The second-order valence-corrected chi connectivity index (χ2v) is 8.93. The molecule has 0 radical (unpaired) electrons. The number of pyridine rings is 1. The van der Waals surface area contributed by atoms with Gasteiger partial charge in [0.05, 0.1) is 33.1 Å².